The van der Waals surface area contributed by atoms with Gasteiger partial charge in [0.25, 0.3) is 0 Å². The molecule has 2 heterocycles. The van der Waals surface area contributed by atoms with Crippen molar-refractivity contribution in [2.24, 2.45) is 0 Å². The lowest BCUT2D eigenvalue weighted by molar-refractivity contribution is -0.0976. The van der Waals surface area contributed by atoms with Gasteiger partial charge in [0.2, 0.25) is 0 Å². The molecule has 21 heavy (non-hydrogen) atoms. The zero-order valence-corrected chi connectivity index (χ0v) is 12.6. The van der Waals surface area contributed by atoms with Gasteiger partial charge < -0.3 is 9.84 Å². The van der Waals surface area contributed by atoms with E-state index in [1.807, 2.05) is 6.08 Å². The number of aliphatic hydroxyl groups excluding tert-OH is 1. The summed E-state index contributed by atoms with van der Waals surface area (Å²) < 4.78 is 6.13. The van der Waals surface area contributed by atoms with Gasteiger partial charge in [-0.2, -0.15) is 0 Å². The molecule has 0 unspecified atom stereocenters. The number of hydrogen-bond acceptors (Lipinski definition) is 3. The minimum absolute atomic E-state index is 0.0342. The third-order valence-electron chi connectivity index (χ3n) is 4.78. The van der Waals surface area contributed by atoms with Gasteiger partial charge >= 0.3 is 0 Å². The Morgan fingerprint density at radius 3 is 2.67 bits per heavy atom. The maximum Gasteiger partial charge on any atom is 0.0744 e. The average molecular weight is 287 g/mol. The third kappa shape index (κ3) is 3.73. The number of likely N-dealkylation sites (tertiary alicyclic amines) is 1. The van der Waals surface area contributed by atoms with Crippen LogP contribution in [0.2, 0.25) is 0 Å². The van der Waals surface area contributed by atoms with E-state index in [1.54, 1.807) is 0 Å². The summed E-state index contributed by atoms with van der Waals surface area (Å²) in [6.45, 7) is 4.20. The molecular formula is C18H25NO2. The van der Waals surface area contributed by atoms with Crippen LogP contribution in [0.3, 0.4) is 0 Å². The van der Waals surface area contributed by atoms with Gasteiger partial charge in [0.15, 0.2) is 0 Å². The predicted molar refractivity (Wildman–Crippen MR) is 84.0 cm³/mol. The van der Waals surface area contributed by atoms with Crippen LogP contribution >= 0.6 is 0 Å². The van der Waals surface area contributed by atoms with E-state index in [-0.39, 0.29) is 12.2 Å². The molecule has 0 bridgehead atoms. The lowest BCUT2D eigenvalue weighted by atomic mass is 9.82. The van der Waals surface area contributed by atoms with Crippen molar-refractivity contribution in [3.63, 3.8) is 0 Å². The van der Waals surface area contributed by atoms with Crippen LogP contribution in [0.5, 0.6) is 0 Å². The molecule has 1 spiro atoms. The van der Waals surface area contributed by atoms with Crippen LogP contribution in [0.15, 0.2) is 42.0 Å². The second kappa shape index (κ2) is 6.73. The van der Waals surface area contributed by atoms with Gasteiger partial charge in [0.1, 0.15) is 0 Å². The molecule has 0 aromatic heterocycles. The summed E-state index contributed by atoms with van der Waals surface area (Å²) in [5, 5.41) is 9.09. The van der Waals surface area contributed by atoms with Gasteiger partial charge in [-0.1, -0.05) is 42.0 Å². The van der Waals surface area contributed by atoms with Crippen molar-refractivity contribution in [2.75, 3.05) is 26.3 Å². The molecule has 3 rings (SSSR count). The standard InChI is InChI=1S/C18H25NO2/c20-12-6-16-7-13-21-18(14-16)8-10-19(11-9-18)15-17-4-2-1-3-5-17/h1-6,20H,7-15H2/b16-6+. The first-order valence-corrected chi connectivity index (χ1v) is 7.99. The van der Waals surface area contributed by atoms with E-state index in [2.05, 4.69) is 35.2 Å². The second-order valence-electron chi connectivity index (χ2n) is 6.26. The van der Waals surface area contributed by atoms with Gasteiger partial charge in [-0.15, -0.1) is 0 Å². The van der Waals surface area contributed by atoms with Gasteiger partial charge in [-0.25, -0.2) is 0 Å². The SMILES string of the molecule is OC/C=C1\CCOC2(CCN(Cc3ccccc3)CC2)C1. The Bertz CT molecular complexity index is 475. The molecule has 2 fully saturated rings. The number of nitrogens with zero attached hydrogens (tertiary/aromatic N) is 1. The fourth-order valence-corrected chi connectivity index (χ4v) is 3.54. The van der Waals surface area contributed by atoms with E-state index in [4.69, 9.17) is 9.84 Å². The molecular weight excluding hydrogens is 262 g/mol. The molecule has 3 nitrogen and oxygen atoms in total. The second-order valence-corrected chi connectivity index (χ2v) is 6.26. The van der Waals surface area contributed by atoms with Crippen LogP contribution in [-0.2, 0) is 11.3 Å². The van der Waals surface area contributed by atoms with Gasteiger partial charge in [0.05, 0.1) is 18.8 Å². The number of piperidine rings is 1. The molecule has 2 aliphatic rings. The fraction of sp³-hybridized carbons (Fsp3) is 0.556. The number of aliphatic hydroxyl groups is 1. The summed E-state index contributed by atoms with van der Waals surface area (Å²) in [6.07, 6.45) is 6.16. The molecule has 0 amide bonds. The Kier molecular flexibility index (Phi) is 4.73. The quantitative estimate of drug-likeness (QED) is 0.868. The first-order valence-electron chi connectivity index (χ1n) is 7.99. The Labute approximate surface area is 127 Å². The zero-order valence-electron chi connectivity index (χ0n) is 12.6. The highest BCUT2D eigenvalue weighted by Crippen LogP contribution is 2.37. The van der Waals surface area contributed by atoms with Crippen LogP contribution in [-0.4, -0.2) is 41.9 Å². The Balaban J connectivity index is 1.56. The maximum atomic E-state index is 9.09. The van der Waals surface area contributed by atoms with Crippen molar-refractivity contribution < 1.29 is 9.84 Å². The minimum atomic E-state index is 0.0342. The highest BCUT2D eigenvalue weighted by molar-refractivity contribution is 5.15. The largest absolute Gasteiger partial charge is 0.392 e. The molecule has 2 aliphatic heterocycles. The van der Waals surface area contributed by atoms with Crippen molar-refractivity contribution in [1.82, 2.24) is 4.90 Å². The molecule has 2 saturated heterocycles. The first-order chi connectivity index (χ1) is 10.3. The summed E-state index contributed by atoms with van der Waals surface area (Å²) in [5.74, 6) is 0. The highest BCUT2D eigenvalue weighted by Gasteiger charge is 2.38. The summed E-state index contributed by atoms with van der Waals surface area (Å²) >= 11 is 0. The van der Waals surface area contributed by atoms with Crippen LogP contribution in [0, 0.1) is 0 Å². The fourth-order valence-electron chi connectivity index (χ4n) is 3.54. The van der Waals surface area contributed by atoms with E-state index in [9.17, 15) is 0 Å². The lowest BCUT2D eigenvalue weighted by Crippen LogP contribution is -2.47. The highest BCUT2D eigenvalue weighted by atomic mass is 16.5. The molecule has 114 valence electrons. The average Bonchev–Trinajstić information content (AvgIpc) is 2.52. The van der Waals surface area contributed by atoms with Gasteiger partial charge in [0, 0.05) is 19.6 Å². The van der Waals surface area contributed by atoms with Crippen molar-refractivity contribution in [2.45, 2.75) is 37.8 Å². The monoisotopic (exact) mass is 287 g/mol. The first kappa shape index (κ1) is 14.8. The van der Waals surface area contributed by atoms with Gasteiger partial charge in [-0.3, -0.25) is 4.90 Å². The van der Waals surface area contributed by atoms with Crippen LogP contribution in [0.1, 0.15) is 31.2 Å². The smallest absolute Gasteiger partial charge is 0.0744 e. The third-order valence-corrected chi connectivity index (χ3v) is 4.78. The van der Waals surface area contributed by atoms with Gasteiger partial charge in [-0.05, 0) is 31.2 Å². The summed E-state index contributed by atoms with van der Waals surface area (Å²) in [7, 11) is 0. The van der Waals surface area contributed by atoms with Crippen molar-refractivity contribution >= 4 is 0 Å². The molecule has 0 atom stereocenters. The Morgan fingerprint density at radius 2 is 1.95 bits per heavy atom. The topological polar surface area (TPSA) is 32.7 Å². The number of benzene rings is 1. The minimum Gasteiger partial charge on any atom is -0.392 e. The van der Waals surface area contributed by atoms with Crippen LogP contribution in [0.4, 0.5) is 0 Å². The molecule has 1 aromatic rings. The Morgan fingerprint density at radius 1 is 1.19 bits per heavy atom. The zero-order chi connectivity index (χ0) is 14.5. The molecule has 0 saturated carbocycles. The lowest BCUT2D eigenvalue weighted by Gasteiger charge is -2.44. The van der Waals surface area contributed by atoms with E-state index in [0.29, 0.717) is 0 Å². The molecule has 1 N–H and O–H groups in total. The normalized spacial score (nSPS) is 24.5. The van der Waals surface area contributed by atoms with Crippen LogP contribution < -0.4 is 0 Å². The molecule has 0 aliphatic carbocycles. The summed E-state index contributed by atoms with van der Waals surface area (Å²) in [4.78, 5) is 2.52. The number of rotatable bonds is 3. The van der Waals surface area contributed by atoms with Crippen molar-refractivity contribution in [3.8, 4) is 0 Å². The maximum absolute atomic E-state index is 9.09. The van der Waals surface area contributed by atoms with E-state index in [0.717, 1.165) is 51.9 Å². The van der Waals surface area contributed by atoms with Crippen molar-refractivity contribution in [1.29, 1.82) is 0 Å². The molecule has 0 radical (unpaired) electrons. The Hall–Kier alpha value is -1.16. The molecule has 1 aromatic carbocycles. The summed E-state index contributed by atoms with van der Waals surface area (Å²) in [5.41, 5.74) is 2.80. The number of hydrogen-bond donors (Lipinski definition) is 1. The number of ether oxygens (including phenoxy) is 1. The van der Waals surface area contributed by atoms with E-state index >= 15 is 0 Å². The predicted octanol–water partition coefficient (Wildman–Crippen LogP) is 2.75. The van der Waals surface area contributed by atoms with Crippen LogP contribution in [0.25, 0.3) is 0 Å². The van der Waals surface area contributed by atoms with Crippen molar-refractivity contribution in [3.05, 3.63) is 47.5 Å². The molecule has 3 heteroatoms. The van der Waals surface area contributed by atoms with E-state index in [1.165, 1.54) is 11.1 Å². The van der Waals surface area contributed by atoms with E-state index < -0.39 is 0 Å². The summed E-state index contributed by atoms with van der Waals surface area (Å²) in [6, 6.07) is 10.7.